The molecule has 1 aliphatic rings. The molecule has 0 aromatic rings. The number of rotatable bonds is 5. The van der Waals surface area contributed by atoms with Crippen molar-refractivity contribution in [3.8, 4) is 0 Å². The van der Waals surface area contributed by atoms with Crippen molar-refractivity contribution >= 4 is 17.8 Å². The van der Waals surface area contributed by atoms with E-state index in [1.54, 1.807) is 4.90 Å². The summed E-state index contributed by atoms with van der Waals surface area (Å²) < 4.78 is 0. The Morgan fingerprint density at radius 1 is 1.17 bits per heavy atom. The van der Waals surface area contributed by atoms with Crippen LogP contribution in [0.3, 0.4) is 0 Å². The van der Waals surface area contributed by atoms with E-state index < -0.39 is 11.9 Å². The van der Waals surface area contributed by atoms with Crippen molar-refractivity contribution in [2.75, 3.05) is 13.1 Å². The number of hydrazine groups is 1. The second kappa shape index (κ2) is 6.95. The molecule has 1 aliphatic carbocycles. The number of nitrogens with one attached hydrogen (secondary N) is 2. The van der Waals surface area contributed by atoms with Crippen LogP contribution < -0.4 is 10.9 Å². The fraction of sp³-hybridized carbons (Fsp3) is 0.727. The predicted octanol–water partition coefficient (Wildman–Crippen LogP) is -0.517. The maximum absolute atomic E-state index is 11.5. The van der Waals surface area contributed by atoms with E-state index in [9.17, 15) is 14.4 Å². The largest absolute Gasteiger partial charge is 0.480 e. The number of nitrogens with zero attached hydrogens (tertiary/aromatic N) is 1. The molecule has 1 fully saturated rings. The zero-order chi connectivity index (χ0) is 13.5. The molecule has 1 rings (SSSR count). The third kappa shape index (κ3) is 5.13. The third-order valence-electron chi connectivity index (χ3n) is 2.90. The summed E-state index contributed by atoms with van der Waals surface area (Å²) in [5.74, 6) is -1.72. The molecule has 7 nitrogen and oxygen atoms in total. The lowest BCUT2D eigenvalue weighted by Gasteiger charge is -2.26. The average molecular weight is 257 g/mol. The zero-order valence-corrected chi connectivity index (χ0v) is 10.4. The fourth-order valence-corrected chi connectivity index (χ4v) is 2.14. The Morgan fingerprint density at radius 2 is 1.78 bits per heavy atom. The van der Waals surface area contributed by atoms with Crippen LogP contribution >= 0.6 is 0 Å². The maximum Gasteiger partial charge on any atom is 0.317 e. The minimum absolute atomic E-state index is 0.0166. The molecular weight excluding hydrogens is 238 g/mol. The SMILES string of the molecule is CC(=O)NNC(=O)CN(CC(=O)O)C1CCCC1. The van der Waals surface area contributed by atoms with Crippen molar-refractivity contribution in [3.63, 3.8) is 0 Å². The molecule has 0 aromatic heterocycles. The van der Waals surface area contributed by atoms with Gasteiger partial charge < -0.3 is 5.11 Å². The molecule has 0 atom stereocenters. The number of carboxylic acids is 1. The van der Waals surface area contributed by atoms with E-state index in [1.165, 1.54) is 6.92 Å². The van der Waals surface area contributed by atoms with Gasteiger partial charge in [-0.3, -0.25) is 30.1 Å². The van der Waals surface area contributed by atoms with Crippen molar-refractivity contribution in [1.82, 2.24) is 15.8 Å². The van der Waals surface area contributed by atoms with E-state index in [0.29, 0.717) is 0 Å². The molecule has 0 saturated heterocycles. The summed E-state index contributed by atoms with van der Waals surface area (Å²) in [7, 11) is 0. The van der Waals surface area contributed by atoms with Crippen LogP contribution in [0.1, 0.15) is 32.6 Å². The van der Waals surface area contributed by atoms with Gasteiger partial charge in [-0.2, -0.15) is 0 Å². The minimum Gasteiger partial charge on any atom is -0.480 e. The lowest BCUT2D eigenvalue weighted by Crippen LogP contribution is -2.48. The van der Waals surface area contributed by atoms with Crippen LogP contribution in [0.5, 0.6) is 0 Å². The Hall–Kier alpha value is -1.63. The topological polar surface area (TPSA) is 98.7 Å². The van der Waals surface area contributed by atoms with Gasteiger partial charge in [-0.1, -0.05) is 12.8 Å². The van der Waals surface area contributed by atoms with Gasteiger partial charge in [0.25, 0.3) is 5.91 Å². The van der Waals surface area contributed by atoms with Crippen molar-refractivity contribution < 1.29 is 19.5 Å². The first-order valence-electron chi connectivity index (χ1n) is 6.00. The molecule has 3 N–H and O–H groups in total. The van der Waals surface area contributed by atoms with Crippen molar-refractivity contribution in [2.45, 2.75) is 38.6 Å². The maximum atomic E-state index is 11.5. The van der Waals surface area contributed by atoms with Crippen LogP contribution in [0.15, 0.2) is 0 Å². The number of aliphatic carboxylic acids is 1. The molecule has 0 bridgehead atoms. The first kappa shape index (κ1) is 14.4. The lowest BCUT2D eigenvalue weighted by atomic mass is 10.2. The molecule has 0 spiro atoms. The first-order chi connectivity index (χ1) is 8.49. The van der Waals surface area contributed by atoms with Crippen LogP contribution in [0, 0.1) is 0 Å². The minimum atomic E-state index is -0.950. The lowest BCUT2D eigenvalue weighted by molar-refractivity contribution is -0.139. The predicted molar refractivity (Wildman–Crippen MR) is 63.4 cm³/mol. The highest BCUT2D eigenvalue weighted by molar-refractivity contribution is 5.82. The Labute approximate surface area is 105 Å². The molecule has 18 heavy (non-hydrogen) atoms. The van der Waals surface area contributed by atoms with E-state index in [2.05, 4.69) is 10.9 Å². The van der Waals surface area contributed by atoms with Gasteiger partial charge in [-0.15, -0.1) is 0 Å². The van der Waals surface area contributed by atoms with Gasteiger partial charge in [0.05, 0.1) is 13.1 Å². The Morgan fingerprint density at radius 3 is 2.28 bits per heavy atom. The fourth-order valence-electron chi connectivity index (χ4n) is 2.14. The molecule has 7 heteroatoms. The van der Waals surface area contributed by atoms with Crippen molar-refractivity contribution in [1.29, 1.82) is 0 Å². The van der Waals surface area contributed by atoms with Crippen molar-refractivity contribution in [3.05, 3.63) is 0 Å². The Balaban J connectivity index is 2.46. The second-order valence-electron chi connectivity index (χ2n) is 4.47. The Kier molecular flexibility index (Phi) is 5.57. The molecule has 0 aliphatic heterocycles. The van der Waals surface area contributed by atoms with Crippen LogP contribution in [-0.4, -0.2) is 46.9 Å². The van der Waals surface area contributed by atoms with E-state index in [4.69, 9.17) is 5.11 Å². The zero-order valence-electron chi connectivity index (χ0n) is 10.4. The first-order valence-corrected chi connectivity index (χ1v) is 6.00. The molecule has 0 unspecified atom stereocenters. The normalized spacial score (nSPS) is 15.7. The monoisotopic (exact) mass is 257 g/mol. The number of carbonyl (C=O) groups is 3. The van der Waals surface area contributed by atoms with Crippen LogP contribution in [0.2, 0.25) is 0 Å². The van der Waals surface area contributed by atoms with Gasteiger partial charge in [0.2, 0.25) is 5.91 Å². The number of carbonyl (C=O) groups excluding carboxylic acids is 2. The smallest absolute Gasteiger partial charge is 0.317 e. The number of hydrogen-bond acceptors (Lipinski definition) is 4. The highest BCUT2D eigenvalue weighted by Gasteiger charge is 2.25. The van der Waals surface area contributed by atoms with Gasteiger partial charge in [0.1, 0.15) is 0 Å². The molecule has 0 aromatic carbocycles. The second-order valence-corrected chi connectivity index (χ2v) is 4.47. The number of carboxylic acid groups (broad SMARTS) is 1. The van der Waals surface area contributed by atoms with Crippen LogP contribution in [0.25, 0.3) is 0 Å². The highest BCUT2D eigenvalue weighted by atomic mass is 16.4. The number of amides is 2. The quantitative estimate of drug-likeness (QED) is 0.576. The van der Waals surface area contributed by atoms with Crippen LogP contribution in [-0.2, 0) is 14.4 Å². The van der Waals surface area contributed by atoms with Gasteiger partial charge in [0.15, 0.2) is 0 Å². The molecule has 0 heterocycles. The number of hydrogen-bond donors (Lipinski definition) is 3. The van der Waals surface area contributed by atoms with Crippen molar-refractivity contribution in [2.24, 2.45) is 0 Å². The highest BCUT2D eigenvalue weighted by Crippen LogP contribution is 2.22. The van der Waals surface area contributed by atoms with E-state index in [0.717, 1.165) is 25.7 Å². The van der Waals surface area contributed by atoms with E-state index in [1.807, 2.05) is 0 Å². The van der Waals surface area contributed by atoms with Gasteiger partial charge in [-0.05, 0) is 12.8 Å². The van der Waals surface area contributed by atoms with Gasteiger partial charge in [0, 0.05) is 13.0 Å². The summed E-state index contributed by atoms with van der Waals surface area (Å²) in [4.78, 5) is 34.6. The van der Waals surface area contributed by atoms with Gasteiger partial charge >= 0.3 is 5.97 Å². The summed E-state index contributed by atoms with van der Waals surface area (Å²) >= 11 is 0. The summed E-state index contributed by atoms with van der Waals surface area (Å²) in [6, 6.07) is 0.143. The summed E-state index contributed by atoms with van der Waals surface area (Å²) in [5.41, 5.74) is 4.42. The average Bonchev–Trinajstić information content (AvgIpc) is 2.78. The van der Waals surface area contributed by atoms with Crippen LogP contribution in [0.4, 0.5) is 0 Å². The van der Waals surface area contributed by atoms with E-state index >= 15 is 0 Å². The molecule has 2 amide bonds. The summed E-state index contributed by atoms with van der Waals surface area (Å²) in [6.07, 6.45) is 3.96. The molecule has 1 saturated carbocycles. The molecular formula is C11H19N3O4. The van der Waals surface area contributed by atoms with Gasteiger partial charge in [-0.25, -0.2) is 0 Å². The standard InChI is InChI=1S/C11H19N3O4/c1-8(15)12-13-10(16)6-14(7-11(17)18)9-4-2-3-5-9/h9H,2-7H2,1H3,(H,12,15)(H,13,16)(H,17,18). The molecule has 0 radical (unpaired) electrons. The Bertz CT molecular complexity index is 326. The summed E-state index contributed by atoms with van der Waals surface area (Å²) in [5, 5.41) is 8.83. The summed E-state index contributed by atoms with van der Waals surface area (Å²) in [6.45, 7) is 1.11. The molecule has 102 valence electrons. The van der Waals surface area contributed by atoms with E-state index in [-0.39, 0.29) is 25.0 Å². The third-order valence-corrected chi connectivity index (χ3v) is 2.90.